The Morgan fingerprint density at radius 3 is 1.79 bits per heavy atom. The lowest BCUT2D eigenvalue weighted by Gasteiger charge is -2.47. The van der Waals surface area contributed by atoms with Crippen LogP contribution in [-0.4, -0.2) is 43.2 Å². The van der Waals surface area contributed by atoms with Crippen LogP contribution < -0.4 is 0 Å². The Morgan fingerprint density at radius 2 is 1.35 bits per heavy atom. The quantitative estimate of drug-likeness (QED) is 0.347. The molecule has 2 aromatic carbocycles. The Balaban J connectivity index is 2.12. The van der Waals surface area contributed by atoms with Crippen molar-refractivity contribution in [3.63, 3.8) is 0 Å². The first kappa shape index (κ1) is 26.9. The lowest BCUT2D eigenvalue weighted by molar-refractivity contribution is -0.382. The molecule has 3 nitrogen and oxygen atoms in total. The van der Waals surface area contributed by atoms with E-state index in [0.29, 0.717) is 10.8 Å². The van der Waals surface area contributed by atoms with E-state index in [4.69, 9.17) is 0 Å². The van der Waals surface area contributed by atoms with E-state index in [2.05, 4.69) is 3.63 Å². The predicted molar refractivity (Wildman–Crippen MR) is 109 cm³/mol. The molecule has 192 valence electrons. The van der Waals surface area contributed by atoms with E-state index < -0.39 is 43.7 Å². The summed E-state index contributed by atoms with van der Waals surface area (Å²) in [5, 5.41) is -5.88. The maximum absolute atomic E-state index is 14.3. The van der Waals surface area contributed by atoms with Crippen molar-refractivity contribution in [1.29, 1.82) is 0 Å². The van der Waals surface area contributed by atoms with Gasteiger partial charge in [0, 0.05) is 16.4 Å². The molecule has 1 aliphatic rings. The fourth-order valence-electron chi connectivity index (χ4n) is 3.59. The Morgan fingerprint density at radius 1 is 0.824 bits per heavy atom. The van der Waals surface area contributed by atoms with Crippen LogP contribution in [0.25, 0.3) is 10.8 Å². The number of rotatable bonds is 7. The standard InChI is InChI=1S/C20H19F9O3S2/c1-12(2)13-8-9-16(15-7-4-3-6-14(13)15)33(10-5-11-33)32-34(30,31)20(28,29)18(23,24)17(21,22)19(25,26)27/h3-4,6-9,12H,5,10-11H2,1-2H3. The van der Waals surface area contributed by atoms with Crippen molar-refractivity contribution < 1.29 is 51.6 Å². The zero-order chi connectivity index (χ0) is 26.0. The number of halogens is 9. The van der Waals surface area contributed by atoms with Crippen molar-refractivity contribution in [2.75, 3.05) is 11.5 Å². The van der Waals surface area contributed by atoms with Gasteiger partial charge in [-0.05, 0) is 34.7 Å². The summed E-state index contributed by atoms with van der Waals surface area (Å²) < 4.78 is 149. The summed E-state index contributed by atoms with van der Waals surface area (Å²) in [6.07, 6.45) is -6.90. The Bertz CT molecular complexity index is 1190. The van der Waals surface area contributed by atoms with Gasteiger partial charge in [0.2, 0.25) is 0 Å². The molecule has 0 radical (unpaired) electrons. The third-order valence-electron chi connectivity index (χ3n) is 5.54. The highest BCUT2D eigenvalue weighted by atomic mass is 32.3. The minimum absolute atomic E-state index is 0.0106. The van der Waals surface area contributed by atoms with Crippen LogP contribution in [0.2, 0.25) is 0 Å². The van der Waals surface area contributed by atoms with Gasteiger partial charge in [-0.15, -0.1) is 0 Å². The fourth-order valence-corrected chi connectivity index (χ4v) is 8.73. The lowest BCUT2D eigenvalue weighted by Crippen LogP contribution is -2.63. The van der Waals surface area contributed by atoms with E-state index in [-0.39, 0.29) is 28.7 Å². The monoisotopic (exact) mass is 542 g/mol. The van der Waals surface area contributed by atoms with Crippen molar-refractivity contribution in [3.05, 3.63) is 42.0 Å². The van der Waals surface area contributed by atoms with Crippen molar-refractivity contribution in [1.82, 2.24) is 0 Å². The van der Waals surface area contributed by atoms with Gasteiger partial charge in [0.05, 0.1) is 0 Å². The molecule has 0 bridgehead atoms. The number of hydrogen-bond donors (Lipinski definition) is 0. The molecule has 2 aromatic rings. The molecule has 0 aliphatic carbocycles. The van der Waals surface area contributed by atoms with Gasteiger partial charge in [0.15, 0.2) is 0 Å². The summed E-state index contributed by atoms with van der Waals surface area (Å²) in [6, 6.07) is 9.39. The summed E-state index contributed by atoms with van der Waals surface area (Å²) >= 11 is 0. The molecule has 34 heavy (non-hydrogen) atoms. The van der Waals surface area contributed by atoms with E-state index in [1.165, 1.54) is 12.1 Å². The molecule has 0 amide bonds. The highest BCUT2D eigenvalue weighted by Crippen LogP contribution is 2.68. The molecule has 1 fully saturated rings. The topological polar surface area (TPSA) is 43.4 Å². The molecule has 0 aromatic heterocycles. The fraction of sp³-hybridized carbons (Fsp3) is 0.500. The zero-order valence-corrected chi connectivity index (χ0v) is 19.2. The first-order valence-electron chi connectivity index (χ1n) is 9.78. The number of benzene rings is 2. The Kier molecular flexibility index (Phi) is 6.48. The van der Waals surface area contributed by atoms with Gasteiger partial charge in [-0.1, -0.05) is 54.5 Å². The van der Waals surface area contributed by atoms with E-state index in [1.807, 2.05) is 13.8 Å². The van der Waals surface area contributed by atoms with Crippen molar-refractivity contribution >= 4 is 31.2 Å². The van der Waals surface area contributed by atoms with Crippen LogP contribution in [0.4, 0.5) is 39.5 Å². The van der Waals surface area contributed by atoms with Gasteiger partial charge in [0.1, 0.15) is 0 Å². The summed E-state index contributed by atoms with van der Waals surface area (Å²) in [4.78, 5) is 0.101. The average Bonchev–Trinajstić information content (AvgIpc) is 2.68. The highest BCUT2D eigenvalue weighted by Gasteiger charge is 2.86. The Hall–Kier alpha value is -1.67. The second kappa shape index (κ2) is 8.19. The van der Waals surface area contributed by atoms with E-state index in [0.717, 1.165) is 5.56 Å². The van der Waals surface area contributed by atoms with E-state index in [9.17, 15) is 47.9 Å². The summed E-state index contributed by atoms with van der Waals surface area (Å²) in [6.45, 7) is 3.72. The van der Waals surface area contributed by atoms with Gasteiger partial charge < -0.3 is 0 Å². The minimum atomic E-state index is -7.34. The SMILES string of the molecule is CC(C)c1ccc(S2(OS(=O)(=O)C(F)(F)C(F)(F)C(F)(F)C(F)(F)F)CCC2)c2ccccc12. The predicted octanol–water partition coefficient (Wildman–Crippen LogP) is 7.22. The third kappa shape index (κ3) is 3.85. The van der Waals surface area contributed by atoms with Crippen molar-refractivity contribution in [2.24, 2.45) is 0 Å². The molecule has 0 unspecified atom stereocenters. The van der Waals surface area contributed by atoms with Crippen LogP contribution in [0.3, 0.4) is 0 Å². The summed E-state index contributed by atoms with van der Waals surface area (Å²) in [5.74, 6) is -15.1. The average molecular weight is 542 g/mol. The maximum atomic E-state index is 14.3. The van der Waals surface area contributed by atoms with Gasteiger partial charge >= 0.3 is 33.4 Å². The zero-order valence-electron chi connectivity index (χ0n) is 17.6. The van der Waals surface area contributed by atoms with Crippen molar-refractivity contribution in [2.45, 2.75) is 54.4 Å². The third-order valence-corrected chi connectivity index (χ3v) is 11.2. The largest absolute Gasteiger partial charge is 0.460 e. The molecule has 1 aliphatic heterocycles. The highest BCUT2D eigenvalue weighted by molar-refractivity contribution is 8.34. The van der Waals surface area contributed by atoms with Gasteiger partial charge in [-0.3, -0.25) is 0 Å². The first-order valence-corrected chi connectivity index (χ1v) is 13.1. The van der Waals surface area contributed by atoms with Crippen LogP contribution in [0.1, 0.15) is 31.7 Å². The molecule has 1 saturated heterocycles. The first-order chi connectivity index (χ1) is 15.3. The molecule has 0 atom stereocenters. The van der Waals surface area contributed by atoms with Crippen LogP contribution in [0.5, 0.6) is 0 Å². The summed E-state index contributed by atoms with van der Waals surface area (Å²) in [5.41, 5.74) is 0.803. The molecule has 0 saturated carbocycles. The van der Waals surface area contributed by atoms with Gasteiger partial charge in [-0.25, -0.2) is 3.63 Å². The number of fused-ring (bicyclic) bond motifs is 1. The molecular weight excluding hydrogens is 523 g/mol. The van der Waals surface area contributed by atoms with Gasteiger partial charge in [-0.2, -0.15) is 47.9 Å². The smallest absolute Gasteiger partial charge is 0.211 e. The van der Waals surface area contributed by atoms with Crippen LogP contribution in [0.15, 0.2) is 41.3 Å². The van der Waals surface area contributed by atoms with Crippen LogP contribution in [-0.2, 0) is 13.7 Å². The van der Waals surface area contributed by atoms with E-state index in [1.54, 1.807) is 24.3 Å². The van der Waals surface area contributed by atoms with Crippen molar-refractivity contribution in [3.8, 4) is 0 Å². The molecule has 14 heteroatoms. The lowest BCUT2D eigenvalue weighted by atomic mass is 9.96. The number of alkyl halides is 9. The molecular formula is C20H19F9O3S2. The van der Waals surface area contributed by atoms with Gasteiger partial charge in [0.25, 0.3) is 0 Å². The molecule has 3 rings (SSSR count). The minimum Gasteiger partial charge on any atom is -0.211 e. The Labute approximate surface area is 190 Å². The summed E-state index contributed by atoms with van der Waals surface area (Å²) in [7, 11) is -10.2. The second-order valence-corrected chi connectivity index (χ2v) is 13.0. The van der Waals surface area contributed by atoms with E-state index >= 15 is 0 Å². The second-order valence-electron chi connectivity index (χ2n) is 8.11. The molecule has 0 spiro atoms. The number of hydrogen-bond acceptors (Lipinski definition) is 3. The molecule has 0 N–H and O–H groups in total. The normalized spacial score (nSPS) is 18.7. The van der Waals surface area contributed by atoms with Crippen LogP contribution in [0, 0.1) is 0 Å². The van der Waals surface area contributed by atoms with Crippen LogP contribution >= 0.6 is 10.3 Å². The molecule has 1 heterocycles. The maximum Gasteiger partial charge on any atom is 0.460 e.